The lowest BCUT2D eigenvalue weighted by molar-refractivity contribution is -0.384. The lowest BCUT2D eigenvalue weighted by atomic mass is 10.2. The molecule has 1 aromatic rings. The molecule has 0 aliphatic heterocycles. The monoisotopic (exact) mass is 222 g/mol. The van der Waals surface area contributed by atoms with Crippen LogP contribution in [0.4, 0.5) is 5.69 Å². The molecule has 0 radical (unpaired) electrons. The van der Waals surface area contributed by atoms with Crippen LogP contribution in [0.5, 0.6) is 0 Å². The van der Waals surface area contributed by atoms with Gasteiger partial charge in [0.2, 0.25) is 0 Å². The van der Waals surface area contributed by atoms with Crippen LogP contribution in [0.1, 0.15) is 5.56 Å². The number of non-ortho nitro benzene ring substituents is 1. The molecule has 0 amide bonds. The van der Waals surface area contributed by atoms with Gasteiger partial charge in [-0.1, -0.05) is 12.1 Å². The van der Waals surface area contributed by atoms with Crippen molar-refractivity contribution in [3.8, 4) is 0 Å². The van der Waals surface area contributed by atoms with Crippen LogP contribution in [0.2, 0.25) is 0 Å². The Labute approximate surface area is 93.5 Å². The highest BCUT2D eigenvalue weighted by Crippen LogP contribution is 2.11. The van der Waals surface area contributed by atoms with Gasteiger partial charge in [-0.3, -0.25) is 15.1 Å². The zero-order valence-electron chi connectivity index (χ0n) is 9.23. The second-order valence-electron chi connectivity index (χ2n) is 3.10. The van der Waals surface area contributed by atoms with E-state index in [4.69, 9.17) is 0 Å². The standard InChI is InChI=1S/C10H14N4O2/c1-11-10(12-2)13-7-8-3-5-9(6-4-8)14(15)16/h3-6H,7H2,1-2H3,(H2,11,12,13). The molecule has 0 unspecified atom stereocenters. The number of nitrogens with zero attached hydrogens (tertiary/aromatic N) is 2. The van der Waals surface area contributed by atoms with Crippen molar-refractivity contribution in [3.63, 3.8) is 0 Å². The number of benzene rings is 1. The number of nitro groups is 1. The predicted octanol–water partition coefficient (Wildman–Crippen LogP) is 0.890. The van der Waals surface area contributed by atoms with Crippen LogP contribution >= 0.6 is 0 Å². The van der Waals surface area contributed by atoms with E-state index in [2.05, 4.69) is 15.6 Å². The maximum atomic E-state index is 10.4. The summed E-state index contributed by atoms with van der Waals surface area (Å²) in [6, 6.07) is 6.40. The number of hydrogen-bond donors (Lipinski definition) is 2. The summed E-state index contributed by atoms with van der Waals surface area (Å²) in [5.41, 5.74) is 1.06. The minimum absolute atomic E-state index is 0.0988. The molecule has 1 aromatic carbocycles. The molecule has 0 saturated heterocycles. The quantitative estimate of drug-likeness (QED) is 0.344. The van der Waals surface area contributed by atoms with E-state index in [1.54, 1.807) is 26.2 Å². The average Bonchev–Trinajstić information content (AvgIpc) is 2.31. The summed E-state index contributed by atoms with van der Waals surface area (Å²) in [5, 5.41) is 16.4. The van der Waals surface area contributed by atoms with Gasteiger partial charge in [0.05, 0.1) is 4.92 Å². The Morgan fingerprint density at radius 2 is 2.06 bits per heavy atom. The van der Waals surface area contributed by atoms with Crippen LogP contribution in [0, 0.1) is 10.1 Å². The first-order valence-electron chi connectivity index (χ1n) is 4.79. The number of rotatable bonds is 3. The van der Waals surface area contributed by atoms with Crippen LogP contribution in [0.25, 0.3) is 0 Å². The second kappa shape index (κ2) is 5.69. The van der Waals surface area contributed by atoms with E-state index < -0.39 is 4.92 Å². The third kappa shape index (κ3) is 3.23. The summed E-state index contributed by atoms with van der Waals surface area (Å²) in [6.45, 7) is 0.575. The highest BCUT2D eigenvalue weighted by atomic mass is 16.6. The van der Waals surface area contributed by atoms with Crippen molar-refractivity contribution < 1.29 is 4.92 Å². The molecule has 0 aromatic heterocycles. The molecule has 0 bridgehead atoms. The number of hydrogen-bond acceptors (Lipinski definition) is 3. The van der Waals surface area contributed by atoms with Gasteiger partial charge in [0, 0.05) is 32.8 Å². The Kier molecular flexibility index (Phi) is 4.26. The lowest BCUT2D eigenvalue weighted by Gasteiger charge is -2.07. The summed E-state index contributed by atoms with van der Waals surface area (Å²) in [6.07, 6.45) is 0. The SMILES string of the molecule is CN=C(NC)NCc1ccc([N+](=O)[O-])cc1. The van der Waals surface area contributed by atoms with Crippen molar-refractivity contribution in [3.05, 3.63) is 39.9 Å². The summed E-state index contributed by atoms with van der Waals surface area (Å²) in [7, 11) is 3.44. The molecule has 1 rings (SSSR count). The van der Waals surface area contributed by atoms with Gasteiger partial charge in [-0.25, -0.2) is 0 Å². The van der Waals surface area contributed by atoms with E-state index in [1.165, 1.54) is 12.1 Å². The highest BCUT2D eigenvalue weighted by molar-refractivity contribution is 5.79. The molecule has 6 nitrogen and oxygen atoms in total. The first kappa shape index (κ1) is 12.0. The lowest BCUT2D eigenvalue weighted by Crippen LogP contribution is -2.34. The largest absolute Gasteiger partial charge is 0.359 e. The molecule has 0 aliphatic rings. The Morgan fingerprint density at radius 1 is 1.44 bits per heavy atom. The van der Waals surface area contributed by atoms with Crippen molar-refractivity contribution in [2.45, 2.75) is 6.54 Å². The van der Waals surface area contributed by atoms with Gasteiger partial charge in [0.15, 0.2) is 5.96 Å². The molecule has 0 aliphatic carbocycles. The molecule has 6 heteroatoms. The number of aliphatic imine (C=N–C) groups is 1. The third-order valence-electron chi connectivity index (χ3n) is 2.07. The molecular weight excluding hydrogens is 208 g/mol. The fraction of sp³-hybridized carbons (Fsp3) is 0.300. The molecule has 2 N–H and O–H groups in total. The van der Waals surface area contributed by atoms with Crippen molar-refractivity contribution in [1.82, 2.24) is 10.6 Å². The van der Waals surface area contributed by atoms with E-state index in [-0.39, 0.29) is 5.69 Å². The number of guanidine groups is 1. The Balaban J connectivity index is 2.59. The maximum absolute atomic E-state index is 10.4. The Morgan fingerprint density at radius 3 is 2.50 bits per heavy atom. The van der Waals surface area contributed by atoms with E-state index in [0.29, 0.717) is 12.5 Å². The summed E-state index contributed by atoms with van der Waals surface area (Å²) < 4.78 is 0. The fourth-order valence-electron chi connectivity index (χ4n) is 1.20. The van der Waals surface area contributed by atoms with Crippen molar-refractivity contribution >= 4 is 11.6 Å². The first-order chi connectivity index (χ1) is 7.67. The zero-order chi connectivity index (χ0) is 12.0. The van der Waals surface area contributed by atoms with E-state index in [0.717, 1.165) is 5.56 Å². The van der Waals surface area contributed by atoms with E-state index >= 15 is 0 Å². The Bertz CT molecular complexity index is 386. The summed E-state index contributed by atoms with van der Waals surface area (Å²) in [5.74, 6) is 0.679. The van der Waals surface area contributed by atoms with E-state index in [1.807, 2.05) is 0 Å². The van der Waals surface area contributed by atoms with Crippen molar-refractivity contribution in [2.75, 3.05) is 14.1 Å². The fourth-order valence-corrected chi connectivity index (χ4v) is 1.20. The molecule has 0 spiro atoms. The van der Waals surface area contributed by atoms with Gasteiger partial charge in [0.25, 0.3) is 5.69 Å². The van der Waals surface area contributed by atoms with Crippen molar-refractivity contribution in [1.29, 1.82) is 0 Å². The topological polar surface area (TPSA) is 79.6 Å². The average molecular weight is 222 g/mol. The van der Waals surface area contributed by atoms with Gasteiger partial charge in [-0.2, -0.15) is 0 Å². The molecular formula is C10H14N4O2. The van der Waals surface area contributed by atoms with Gasteiger partial charge >= 0.3 is 0 Å². The molecule has 86 valence electrons. The normalized spacial score (nSPS) is 11.0. The first-order valence-corrected chi connectivity index (χ1v) is 4.79. The van der Waals surface area contributed by atoms with E-state index in [9.17, 15) is 10.1 Å². The smallest absolute Gasteiger partial charge is 0.269 e. The van der Waals surface area contributed by atoms with Gasteiger partial charge in [-0.15, -0.1) is 0 Å². The number of nitrogens with one attached hydrogen (secondary N) is 2. The maximum Gasteiger partial charge on any atom is 0.269 e. The van der Waals surface area contributed by atoms with Gasteiger partial charge in [-0.05, 0) is 5.56 Å². The molecule has 0 atom stereocenters. The summed E-state index contributed by atoms with van der Waals surface area (Å²) in [4.78, 5) is 14.0. The Hall–Kier alpha value is -2.11. The van der Waals surface area contributed by atoms with Crippen LogP contribution < -0.4 is 10.6 Å². The third-order valence-corrected chi connectivity index (χ3v) is 2.07. The highest BCUT2D eigenvalue weighted by Gasteiger charge is 2.03. The van der Waals surface area contributed by atoms with Gasteiger partial charge < -0.3 is 10.6 Å². The van der Waals surface area contributed by atoms with Crippen LogP contribution in [-0.2, 0) is 6.54 Å². The van der Waals surface area contributed by atoms with Crippen LogP contribution in [0.3, 0.4) is 0 Å². The van der Waals surface area contributed by atoms with Crippen LogP contribution in [-0.4, -0.2) is 25.0 Å². The molecule has 0 saturated carbocycles. The summed E-state index contributed by atoms with van der Waals surface area (Å²) >= 11 is 0. The molecule has 16 heavy (non-hydrogen) atoms. The van der Waals surface area contributed by atoms with Crippen molar-refractivity contribution in [2.24, 2.45) is 4.99 Å². The minimum atomic E-state index is -0.413. The zero-order valence-corrected chi connectivity index (χ0v) is 9.23. The number of nitro benzene ring substituents is 1. The molecule has 0 fully saturated rings. The second-order valence-corrected chi connectivity index (χ2v) is 3.10. The van der Waals surface area contributed by atoms with Crippen LogP contribution in [0.15, 0.2) is 29.3 Å². The van der Waals surface area contributed by atoms with Gasteiger partial charge in [0.1, 0.15) is 0 Å². The predicted molar refractivity (Wildman–Crippen MR) is 62.4 cm³/mol. The molecule has 0 heterocycles. The minimum Gasteiger partial charge on any atom is -0.359 e.